The van der Waals surface area contributed by atoms with Gasteiger partial charge in [-0.3, -0.25) is 4.79 Å². The number of ketones is 1. The Labute approximate surface area is 99.8 Å². The van der Waals surface area contributed by atoms with E-state index in [0.29, 0.717) is 17.9 Å². The molecule has 0 aliphatic rings. The van der Waals surface area contributed by atoms with Gasteiger partial charge in [0.25, 0.3) is 0 Å². The molecule has 0 atom stereocenters. The molecular weight excluding hydrogens is 222 g/mol. The molecule has 0 spiro atoms. The van der Waals surface area contributed by atoms with Crippen LogP contribution in [0.2, 0.25) is 0 Å². The molecule has 0 aliphatic heterocycles. The van der Waals surface area contributed by atoms with E-state index in [0.717, 1.165) is 5.56 Å². The third-order valence-electron chi connectivity index (χ3n) is 1.90. The quantitative estimate of drug-likeness (QED) is 0.456. The van der Waals surface area contributed by atoms with Crippen molar-refractivity contribution >= 4 is 17.4 Å². The molecule has 0 fully saturated rings. The van der Waals surface area contributed by atoms with E-state index in [-0.39, 0.29) is 12.2 Å². The fourth-order valence-corrected chi connectivity index (χ4v) is 1.22. The summed E-state index contributed by atoms with van der Waals surface area (Å²) in [6.45, 7) is 0. The van der Waals surface area contributed by atoms with Crippen LogP contribution in [0.4, 0.5) is 0 Å². The van der Waals surface area contributed by atoms with Crippen LogP contribution in [0.5, 0.6) is 0 Å². The predicted molar refractivity (Wildman–Crippen MR) is 63.2 cm³/mol. The standard InChI is InChI=1S/C13H10ClNO/c14-9-2-1-3-11-4-6-12(7-5-11)13(16)8-10-15/h4-7H,2,8-9H2. The number of Topliss-reactive ketones (excluding diaryl/α,β-unsaturated/α-hetero) is 1. The van der Waals surface area contributed by atoms with Gasteiger partial charge in [0.05, 0.1) is 12.5 Å². The first-order valence-corrected chi connectivity index (χ1v) is 5.36. The van der Waals surface area contributed by atoms with Gasteiger partial charge in [-0.05, 0) is 12.1 Å². The highest BCUT2D eigenvalue weighted by Gasteiger charge is 2.03. The zero-order valence-electron chi connectivity index (χ0n) is 8.66. The molecule has 80 valence electrons. The number of carbonyl (C=O) groups excluding carboxylic acids is 1. The summed E-state index contributed by atoms with van der Waals surface area (Å²) in [5, 5.41) is 8.39. The van der Waals surface area contributed by atoms with Crippen LogP contribution in [0.25, 0.3) is 0 Å². The predicted octanol–water partition coefficient (Wildman–Crippen LogP) is 2.76. The summed E-state index contributed by atoms with van der Waals surface area (Å²) in [7, 11) is 0. The molecule has 0 bridgehead atoms. The number of hydrogen-bond acceptors (Lipinski definition) is 2. The minimum absolute atomic E-state index is 0.0860. The highest BCUT2D eigenvalue weighted by molar-refractivity contribution is 6.18. The Kier molecular flexibility index (Phi) is 5.12. The Bertz CT molecular complexity index is 459. The van der Waals surface area contributed by atoms with Crippen molar-refractivity contribution in [2.24, 2.45) is 0 Å². The molecule has 1 aromatic rings. The van der Waals surface area contributed by atoms with Gasteiger partial charge < -0.3 is 0 Å². The Morgan fingerprint density at radius 1 is 1.31 bits per heavy atom. The monoisotopic (exact) mass is 231 g/mol. The second-order valence-corrected chi connectivity index (χ2v) is 3.45. The normalized spacial score (nSPS) is 8.75. The third-order valence-corrected chi connectivity index (χ3v) is 2.09. The van der Waals surface area contributed by atoms with Gasteiger partial charge >= 0.3 is 0 Å². The molecule has 0 aliphatic carbocycles. The molecular formula is C13H10ClNO. The molecule has 0 saturated carbocycles. The van der Waals surface area contributed by atoms with Crippen LogP contribution in [-0.4, -0.2) is 11.7 Å². The number of alkyl halides is 1. The molecule has 0 saturated heterocycles. The lowest BCUT2D eigenvalue weighted by molar-refractivity contribution is 0.0998. The van der Waals surface area contributed by atoms with E-state index in [9.17, 15) is 4.79 Å². The molecule has 0 amide bonds. The Balaban J connectivity index is 2.73. The molecule has 1 rings (SSSR count). The summed E-state index contributed by atoms with van der Waals surface area (Å²) >= 11 is 5.49. The van der Waals surface area contributed by atoms with Crippen molar-refractivity contribution in [1.82, 2.24) is 0 Å². The fraction of sp³-hybridized carbons (Fsp3) is 0.231. The first-order valence-electron chi connectivity index (χ1n) is 4.83. The maximum Gasteiger partial charge on any atom is 0.176 e. The fourth-order valence-electron chi connectivity index (χ4n) is 1.13. The van der Waals surface area contributed by atoms with Crippen molar-refractivity contribution in [3.8, 4) is 17.9 Å². The van der Waals surface area contributed by atoms with Crippen LogP contribution in [0, 0.1) is 23.2 Å². The van der Waals surface area contributed by atoms with E-state index in [1.54, 1.807) is 24.3 Å². The van der Waals surface area contributed by atoms with Crippen molar-refractivity contribution in [3.63, 3.8) is 0 Å². The summed E-state index contributed by atoms with van der Waals surface area (Å²) in [6, 6.07) is 8.74. The molecule has 0 N–H and O–H groups in total. The largest absolute Gasteiger partial charge is 0.293 e. The minimum Gasteiger partial charge on any atom is -0.293 e. The lowest BCUT2D eigenvalue weighted by atomic mass is 10.1. The Hall–Kier alpha value is -1.77. The lowest BCUT2D eigenvalue weighted by Crippen LogP contribution is -1.96. The number of nitriles is 1. The molecule has 2 nitrogen and oxygen atoms in total. The summed E-state index contributed by atoms with van der Waals surface area (Å²) in [6.07, 6.45) is 0.563. The van der Waals surface area contributed by atoms with Crippen LogP contribution >= 0.6 is 11.6 Å². The van der Waals surface area contributed by atoms with E-state index >= 15 is 0 Å². The first-order chi connectivity index (χ1) is 7.77. The van der Waals surface area contributed by atoms with Gasteiger partial charge in [0, 0.05) is 23.4 Å². The van der Waals surface area contributed by atoms with E-state index < -0.39 is 0 Å². The molecule has 3 heteroatoms. The van der Waals surface area contributed by atoms with Crippen molar-refractivity contribution in [2.75, 3.05) is 5.88 Å². The van der Waals surface area contributed by atoms with Crippen molar-refractivity contribution < 1.29 is 4.79 Å². The van der Waals surface area contributed by atoms with Crippen LogP contribution in [0.1, 0.15) is 28.8 Å². The molecule has 0 unspecified atom stereocenters. The zero-order chi connectivity index (χ0) is 11.8. The zero-order valence-corrected chi connectivity index (χ0v) is 9.42. The highest BCUT2D eigenvalue weighted by Crippen LogP contribution is 2.06. The molecule has 1 aromatic carbocycles. The van der Waals surface area contributed by atoms with Crippen molar-refractivity contribution in [3.05, 3.63) is 35.4 Å². The van der Waals surface area contributed by atoms with Gasteiger partial charge in [0.1, 0.15) is 0 Å². The number of hydrogen-bond donors (Lipinski definition) is 0. The number of nitrogens with zero attached hydrogens (tertiary/aromatic N) is 1. The van der Waals surface area contributed by atoms with Gasteiger partial charge in [0.2, 0.25) is 0 Å². The Morgan fingerprint density at radius 2 is 2.00 bits per heavy atom. The topological polar surface area (TPSA) is 40.9 Å². The molecule has 0 heterocycles. The second kappa shape index (κ2) is 6.67. The minimum atomic E-state index is -0.164. The van der Waals surface area contributed by atoms with Crippen molar-refractivity contribution in [2.45, 2.75) is 12.8 Å². The van der Waals surface area contributed by atoms with Gasteiger partial charge in [-0.2, -0.15) is 5.26 Å². The Morgan fingerprint density at radius 3 is 2.56 bits per heavy atom. The number of rotatable bonds is 3. The maximum absolute atomic E-state index is 11.3. The summed E-state index contributed by atoms with van der Waals surface area (Å²) in [4.78, 5) is 11.3. The van der Waals surface area contributed by atoms with Crippen LogP contribution in [-0.2, 0) is 0 Å². The summed E-state index contributed by atoms with van der Waals surface area (Å²) < 4.78 is 0. The van der Waals surface area contributed by atoms with E-state index in [1.165, 1.54) is 0 Å². The average Bonchev–Trinajstić information content (AvgIpc) is 2.30. The maximum atomic E-state index is 11.3. The smallest absolute Gasteiger partial charge is 0.176 e. The van der Waals surface area contributed by atoms with Crippen LogP contribution < -0.4 is 0 Å². The van der Waals surface area contributed by atoms with Crippen LogP contribution in [0.3, 0.4) is 0 Å². The van der Waals surface area contributed by atoms with E-state index in [4.69, 9.17) is 16.9 Å². The van der Waals surface area contributed by atoms with Crippen molar-refractivity contribution in [1.29, 1.82) is 5.26 Å². The number of benzene rings is 1. The second-order valence-electron chi connectivity index (χ2n) is 3.08. The number of carbonyl (C=O) groups is 1. The molecule has 0 radical (unpaired) electrons. The first kappa shape index (κ1) is 12.3. The van der Waals surface area contributed by atoms with E-state index in [2.05, 4.69) is 11.8 Å². The third kappa shape index (κ3) is 3.77. The van der Waals surface area contributed by atoms with Gasteiger partial charge in [-0.15, -0.1) is 11.6 Å². The summed E-state index contributed by atoms with van der Waals surface area (Å²) in [5.41, 5.74) is 1.39. The lowest BCUT2D eigenvalue weighted by Gasteiger charge is -1.96. The van der Waals surface area contributed by atoms with Crippen LogP contribution in [0.15, 0.2) is 24.3 Å². The van der Waals surface area contributed by atoms with Gasteiger partial charge in [-0.1, -0.05) is 24.0 Å². The molecule has 16 heavy (non-hydrogen) atoms. The summed E-state index contributed by atoms with van der Waals surface area (Å²) in [5.74, 6) is 6.19. The van der Waals surface area contributed by atoms with Gasteiger partial charge in [-0.25, -0.2) is 0 Å². The molecule has 0 aromatic heterocycles. The van der Waals surface area contributed by atoms with Gasteiger partial charge in [0.15, 0.2) is 5.78 Å². The number of halogens is 1. The van der Waals surface area contributed by atoms with E-state index in [1.807, 2.05) is 6.07 Å². The SMILES string of the molecule is N#CCC(=O)c1ccc(C#CCCCl)cc1. The average molecular weight is 232 g/mol. The highest BCUT2D eigenvalue weighted by atomic mass is 35.5.